The Kier molecular flexibility index (Phi) is 6.53. The minimum absolute atomic E-state index is 0.0676. The molecule has 0 saturated heterocycles. The van der Waals surface area contributed by atoms with Gasteiger partial charge in [-0.1, -0.05) is 42.8 Å². The van der Waals surface area contributed by atoms with Crippen LogP contribution < -0.4 is 4.74 Å². The highest BCUT2D eigenvalue weighted by atomic mass is 32.2. The van der Waals surface area contributed by atoms with Crippen LogP contribution in [0.2, 0.25) is 0 Å². The van der Waals surface area contributed by atoms with E-state index >= 15 is 0 Å². The minimum atomic E-state index is -0.402. The first-order chi connectivity index (χ1) is 17.4. The number of ether oxygens (including phenoxy) is 1. The molecule has 0 aliphatic carbocycles. The van der Waals surface area contributed by atoms with E-state index in [-0.39, 0.29) is 11.4 Å². The number of hydrogen-bond donors (Lipinski definition) is 1. The first-order valence-electron chi connectivity index (χ1n) is 12.1. The number of carbonyl (C=O) groups is 1. The Balaban J connectivity index is 1.46. The minimum Gasteiger partial charge on any atom is -0.491 e. The molecule has 0 bridgehead atoms. The molecule has 2 aliphatic rings. The molecule has 0 fully saturated rings. The van der Waals surface area contributed by atoms with Gasteiger partial charge in [0.05, 0.1) is 12.1 Å². The largest absolute Gasteiger partial charge is 0.491 e. The average molecular weight is 500 g/mol. The van der Waals surface area contributed by atoms with Crippen LogP contribution in [0.1, 0.15) is 42.1 Å². The van der Waals surface area contributed by atoms with Crippen molar-refractivity contribution in [2.24, 2.45) is 10.1 Å². The number of aryl methyl sites for hydroxylation is 2. The monoisotopic (exact) mass is 499 g/mol. The van der Waals surface area contributed by atoms with E-state index in [1.165, 1.54) is 22.3 Å². The summed E-state index contributed by atoms with van der Waals surface area (Å²) >= 11 is 1.37. The summed E-state index contributed by atoms with van der Waals surface area (Å²) in [4.78, 5) is 17.2. The van der Waals surface area contributed by atoms with E-state index < -0.39 is 5.91 Å². The predicted octanol–water partition coefficient (Wildman–Crippen LogP) is 6.06. The standard InChI is InChI=1S/C28H29N5O2S/c1-5-8-25-31-33-26(29)22(27(34)30-28(33)36-25)16-21-19(4)32(23-10-7-6-9-20(21)23)13-14-35-24-12-11-17(2)15-18(24)3/h6-7,9-12,15-16,29H,5,8,13-14H2,1-4H3/b22-16+,29-26?. The zero-order valence-electron chi connectivity index (χ0n) is 21.0. The zero-order chi connectivity index (χ0) is 25.4. The number of hydrazone groups is 1. The molecule has 1 aromatic heterocycles. The summed E-state index contributed by atoms with van der Waals surface area (Å²) in [5, 5.41) is 17.1. The van der Waals surface area contributed by atoms with Gasteiger partial charge in [0.1, 0.15) is 17.4 Å². The summed E-state index contributed by atoms with van der Waals surface area (Å²) in [5.41, 5.74) is 5.56. The molecule has 1 N–H and O–H groups in total. The number of fused-ring (bicyclic) bond motifs is 2. The van der Waals surface area contributed by atoms with Gasteiger partial charge in [-0.25, -0.2) is 0 Å². The fourth-order valence-corrected chi connectivity index (χ4v) is 5.61. The maximum Gasteiger partial charge on any atom is 0.283 e. The molecule has 8 heteroatoms. The van der Waals surface area contributed by atoms with Crippen LogP contribution >= 0.6 is 11.8 Å². The van der Waals surface area contributed by atoms with E-state index in [4.69, 9.17) is 10.1 Å². The van der Waals surface area contributed by atoms with Gasteiger partial charge in [0.2, 0.25) is 5.17 Å². The molecule has 36 heavy (non-hydrogen) atoms. The number of aliphatic imine (C=N–C) groups is 1. The Morgan fingerprint density at radius 2 is 1.94 bits per heavy atom. The van der Waals surface area contributed by atoms with E-state index in [9.17, 15) is 4.79 Å². The zero-order valence-corrected chi connectivity index (χ0v) is 21.8. The molecule has 0 atom stereocenters. The van der Waals surface area contributed by atoms with Crippen LogP contribution in [-0.2, 0) is 11.3 Å². The molecule has 2 aliphatic heterocycles. The highest BCUT2D eigenvalue weighted by Gasteiger charge is 2.35. The number of amidine groups is 2. The summed E-state index contributed by atoms with van der Waals surface area (Å²) in [7, 11) is 0. The molecule has 1 amide bonds. The summed E-state index contributed by atoms with van der Waals surface area (Å²) < 4.78 is 8.31. The van der Waals surface area contributed by atoms with Gasteiger partial charge in [-0.2, -0.15) is 15.1 Å². The maximum absolute atomic E-state index is 12.9. The third kappa shape index (κ3) is 4.37. The summed E-state index contributed by atoms with van der Waals surface area (Å²) in [5.74, 6) is 0.553. The lowest BCUT2D eigenvalue weighted by atomic mass is 10.1. The Morgan fingerprint density at radius 1 is 1.14 bits per heavy atom. The van der Waals surface area contributed by atoms with E-state index in [2.05, 4.69) is 53.6 Å². The van der Waals surface area contributed by atoms with Crippen molar-refractivity contribution in [3.8, 4) is 5.75 Å². The van der Waals surface area contributed by atoms with Crippen molar-refractivity contribution in [3.63, 3.8) is 0 Å². The van der Waals surface area contributed by atoms with Crippen molar-refractivity contribution in [3.05, 3.63) is 70.4 Å². The fraction of sp³-hybridized carbons (Fsp3) is 0.286. The quantitative estimate of drug-likeness (QED) is 0.400. The second-order valence-corrected chi connectivity index (χ2v) is 10.1. The highest BCUT2D eigenvalue weighted by Crippen LogP contribution is 2.33. The van der Waals surface area contributed by atoms with Crippen LogP contribution in [0, 0.1) is 26.2 Å². The van der Waals surface area contributed by atoms with Crippen molar-refractivity contribution < 1.29 is 9.53 Å². The van der Waals surface area contributed by atoms with E-state index in [1.807, 2.05) is 31.2 Å². The molecule has 0 radical (unpaired) electrons. The van der Waals surface area contributed by atoms with E-state index in [0.717, 1.165) is 51.4 Å². The van der Waals surface area contributed by atoms with Crippen LogP contribution in [-0.4, -0.2) is 38.1 Å². The Labute approximate surface area is 215 Å². The van der Waals surface area contributed by atoms with Crippen LogP contribution in [0.3, 0.4) is 0 Å². The molecular formula is C28H29N5O2S. The van der Waals surface area contributed by atoms with Crippen molar-refractivity contribution in [1.82, 2.24) is 9.58 Å². The first-order valence-corrected chi connectivity index (χ1v) is 13.0. The Morgan fingerprint density at radius 3 is 2.72 bits per heavy atom. The molecule has 184 valence electrons. The van der Waals surface area contributed by atoms with Gasteiger partial charge in [-0.3, -0.25) is 10.2 Å². The van der Waals surface area contributed by atoms with Crippen LogP contribution in [0.4, 0.5) is 0 Å². The first kappa shape index (κ1) is 24.1. The molecule has 0 saturated carbocycles. The number of carbonyl (C=O) groups excluding carboxylic acids is 1. The summed E-state index contributed by atoms with van der Waals surface area (Å²) in [6.07, 6.45) is 3.54. The fourth-order valence-electron chi connectivity index (χ4n) is 4.63. The Hall–Kier alpha value is -3.65. The molecule has 2 aromatic carbocycles. The molecule has 0 spiro atoms. The lowest BCUT2D eigenvalue weighted by molar-refractivity contribution is -0.114. The lowest BCUT2D eigenvalue weighted by Crippen LogP contribution is -2.35. The van der Waals surface area contributed by atoms with Crippen LogP contribution in [0.5, 0.6) is 5.75 Å². The number of hydrogen-bond acceptors (Lipinski definition) is 5. The van der Waals surface area contributed by atoms with Crippen LogP contribution in [0.15, 0.2) is 58.1 Å². The normalized spacial score (nSPS) is 16.6. The predicted molar refractivity (Wildman–Crippen MR) is 148 cm³/mol. The Bertz CT molecular complexity index is 1480. The number of rotatable bonds is 7. The third-order valence-electron chi connectivity index (χ3n) is 6.43. The molecule has 3 aromatic rings. The maximum atomic E-state index is 12.9. The SMILES string of the molecule is CCCC1=NN2C(=N)/C(=C\c3c(C)n(CCOc4ccc(C)cc4C)c4ccccc34)C(=O)N=C2S1. The van der Waals surface area contributed by atoms with Gasteiger partial charge in [-0.15, -0.1) is 0 Å². The van der Waals surface area contributed by atoms with Gasteiger partial charge >= 0.3 is 0 Å². The van der Waals surface area contributed by atoms with Crippen molar-refractivity contribution in [1.29, 1.82) is 5.41 Å². The van der Waals surface area contributed by atoms with Crippen molar-refractivity contribution >= 4 is 50.7 Å². The van der Waals surface area contributed by atoms with E-state index in [1.54, 1.807) is 6.08 Å². The van der Waals surface area contributed by atoms with Gasteiger partial charge in [0, 0.05) is 22.2 Å². The van der Waals surface area contributed by atoms with E-state index in [0.29, 0.717) is 18.3 Å². The number of benzene rings is 2. The van der Waals surface area contributed by atoms with Crippen LogP contribution in [0.25, 0.3) is 17.0 Å². The van der Waals surface area contributed by atoms with Crippen molar-refractivity contribution in [2.75, 3.05) is 6.61 Å². The number of nitrogens with one attached hydrogen (secondary N) is 1. The summed E-state index contributed by atoms with van der Waals surface area (Å²) in [6, 6.07) is 14.3. The average Bonchev–Trinajstić information content (AvgIpc) is 3.37. The molecular weight excluding hydrogens is 470 g/mol. The second kappa shape index (κ2) is 9.78. The number of nitrogens with zero attached hydrogens (tertiary/aromatic N) is 4. The molecule has 3 heterocycles. The molecule has 5 rings (SSSR count). The van der Waals surface area contributed by atoms with Gasteiger partial charge in [0.15, 0.2) is 5.84 Å². The van der Waals surface area contributed by atoms with Crippen molar-refractivity contribution in [2.45, 2.75) is 47.1 Å². The molecule has 7 nitrogen and oxygen atoms in total. The topological polar surface area (TPSA) is 83.0 Å². The lowest BCUT2D eigenvalue weighted by Gasteiger charge is -2.20. The second-order valence-electron chi connectivity index (χ2n) is 9.05. The van der Waals surface area contributed by atoms with Gasteiger partial charge in [-0.05, 0) is 69.1 Å². The number of aromatic nitrogens is 1. The van der Waals surface area contributed by atoms with Gasteiger partial charge in [0.25, 0.3) is 5.91 Å². The molecule has 0 unspecified atom stereocenters. The third-order valence-corrected chi connectivity index (χ3v) is 7.40. The number of amides is 1. The number of thioether (sulfide) groups is 1. The smallest absolute Gasteiger partial charge is 0.283 e. The summed E-state index contributed by atoms with van der Waals surface area (Å²) in [6.45, 7) is 9.42. The number of para-hydroxylation sites is 1. The highest BCUT2D eigenvalue weighted by molar-refractivity contribution is 8.26. The van der Waals surface area contributed by atoms with Gasteiger partial charge < -0.3 is 9.30 Å².